The molecule has 7 heteroatoms. The summed E-state index contributed by atoms with van der Waals surface area (Å²) in [4.78, 5) is 46.9. The molecule has 0 aliphatic carbocycles. The van der Waals surface area contributed by atoms with Crippen LogP contribution in [0.1, 0.15) is 31.1 Å². The maximum Gasteiger partial charge on any atom is 0.299 e. The van der Waals surface area contributed by atoms with Crippen LogP contribution in [0.25, 0.3) is 0 Å². The van der Waals surface area contributed by atoms with E-state index in [1.165, 1.54) is 18.2 Å². The molecule has 1 aliphatic heterocycles. The van der Waals surface area contributed by atoms with Gasteiger partial charge in [-0.2, -0.15) is 0 Å². The number of ketones is 1. The van der Waals surface area contributed by atoms with Crippen LogP contribution in [0.15, 0.2) is 42.5 Å². The average molecular weight is 329 g/mol. The topological polar surface area (TPSA) is 92.3 Å². The molecule has 0 saturated heterocycles. The number of fused-ring (bicyclic) bond motifs is 1. The zero-order chi connectivity index (χ0) is 16.6. The molecule has 3 amide bonds. The summed E-state index contributed by atoms with van der Waals surface area (Å²) >= 11 is 5.76. The van der Waals surface area contributed by atoms with E-state index in [2.05, 4.69) is 5.32 Å². The summed E-state index contributed by atoms with van der Waals surface area (Å²) < 4.78 is 0. The maximum atomic E-state index is 12.1. The fraction of sp³-hybridized carbons (Fsp3) is 0. The zero-order valence-corrected chi connectivity index (χ0v) is 12.3. The van der Waals surface area contributed by atoms with Crippen molar-refractivity contribution < 1.29 is 19.2 Å². The second-order valence-electron chi connectivity index (χ2n) is 4.83. The first kappa shape index (κ1) is 14.9. The third-order valence-electron chi connectivity index (χ3n) is 3.31. The standard InChI is InChI=1S/C16H9ClN2O4/c17-9-3-1-8(2-4-9)14(21)18-10-5-6-11-12(7-10)15(22)19-16(23)13(11)20/h1-7H,(H,18,21)(H,19,22,23). The first-order valence-corrected chi connectivity index (χ1v) is 6.94. The van der Waals surface area contributed by atoms with Crippen molar-refractivity contribution in [3.63, 3.8) is 0 Å². The summed E-state index contributed by atoms with van der Waals surface area (Å²) in [6, 6.07) is 10.4. The fourth-order valence-corrected chi connectivity index (χ4v) is 2.29. The number of hydrogen-bond donors (Lipinski definition) is 2. The van der Waals surface area contributed by atoms with Crippen LogP contribution in [-0.4, -0.2) is 23.5 Å². The number of hydrogen-bond acceptors (Lipinski definition) is 4. The summed E-state index contributed by atoms with van der Waals surface area (Å²) in [6.45, 7) is 0. The molecule has 114 valence electrons. The highest BCUT2D eigenvalue weighted by Crippen LogP contribution is 2.20. The van der Waals surface area contributed by atoms with Gasteiger partial charge in [0.1, 0.15) is 0 Å². The van der Waals surface area contributed by atoms with Gasteiger partial charge in [-0.25, -0.2) is 0 Å². The number of amides is 3. The predicted molar refractivity (Wildman–Crippen MR) is 82.7 cm³/mol. The molecule has 0 fully saturated rings. The molecule has 1 heterocycles. The molecule has 0 saturated carbocycles. The Morgan fingerprint density at radius 2 is 1.61 bits per heavy atom. The van der Waals surface area contributed by atoms with Crippen molar-refractivity contribution in [2.24, 2.45) is 0 Å². The lowest BCUT2D eigenvalue weighted by Crippen LogP contribution is -2.42. The number of nitrogens with one attached hydrogen (secondary N) is 2. The molecular weight excluding hydrogens is 320 g/mol. The van der Waals surface area contributed by atoms with Crippen LogP contribution < -0.4 is 10.6 Å². The van der Waals surface area contributed by atoms with Crippen molar-refractivity contribution in [2.75, 3.05) is 5.32 Å². The molecule has 3 rings (SSSR count). The van der Waals surface area contributed by atoms with E-state index in [-0.39, 0.29) is 17.0 Å². The van der Waals surface area contributed by atoms with Gasteiger partial charge in [-0.3, -0.25) is 24.5 Å². The highest BCUT2D eigenvalue weighted by Gasteiger charge is 2.30. The Balaban J connectivity index is 1.88. The lowest BCUT2D eigenvalue weighted by molar-refractivity contribution is -0.116. The van der Waals surface area contributed by atoms with E-state index in [1.54, 1.807) is 24.3 Å². The minimum absolute atomic E-state index is 0.0169. The predicted octanol–water partition coefficient (Wildman–Crippen LogP) is 2.04. The number of Topliss-reactive ketones (excluding diaryl/α,β-unsaturated/α-hetero) is 1. The Morgan fingerprint density at radius 1 is 0.913 bits per heavy atom. The van der Waals surface area contributed by atoms with Crippen molar-refractivity contribution in [3.05, 3.63) is 64.2 Å². The van der Waals surface area contributed by atoms with Gasteiger partial charge in [0.25, 0.3) is 23.5 Å². The van der Waals surface area contributed by atoms with Crippen molar-refractivity contribution in [1.29, 1.82) is 0 Å². The normalized spacial score (nSPS) is 13.3. The van der Waals surface area contributed by atoms with Gasteiger partial charge in [-0.05, 0) is 42.5 Å². The summed E-state index contributed by atoms with van der Waals surface area (Å²) in [5, 5.41) is 5.07. The van der Waals surface area contributed by atoms with Crippen molar-refractivity contribution in [3.8, 4) is 0 Å². The first-order chi connectivity index (χ1) is 11.0. The quantitative estimate of drug-likeness (QED) is 0.652. The maximum absolute atomic E-state index is 12.1. The Kier molecular flexibility index (Phi) is 3.67. The van der Waals surface area contributed by atoms with Gasteiger partial charge >= 0.3 is 0 Å². The molecule has 0 bridgehead atoms. The second-order valence-corrected chi connectivity index (χ2v) is 5.27. The Morgan fingerprint density at radius 3 is 2.30 bits per heavy atom. The summed E-state index contributed by atoms with van der Waals surface area (Å²) in [5.74, 6) is -2.80. The molecule has 1 aliphatic rings. The molecule has 0 atom stereocenters. The Hall–Kier alpha value is -2.99. The minimum Gasteiger partial charge on any atom is -0.322 e. The number of halogens is 1. The third-order valence-corrected chi connectivity index (χ3v) is 3.56. The van der Waals surface area contributed by atoms with Crippen LogP contribution in [0.5, 0.6) is 0 Å². The molecule has 0 unspecified atom stereocenters. The van der Waals surface area contributed by atoms with Gasteiger partial charge in [0.2, 0.25) is 0 Å². The van der Waals surface area contributed by atoms with Gasteiger partial charge in [-0.15, -0.1) is 0 Å². The molecule has 0 spiro atoms. The molecule has 0 radical (unpaired) electrons. The summed E-state index contributed by atoms with van der Waals surface area (Å²) in [7, 11) is 0. The smallest absolute Gasteiger partial charge is 0.299 e. The van der Waals surface area contributed by atoms with E-state index in [4.69, 9.17) is 11.6 Å². The van der Waals surface area contributed by atoms with Crippen molar-refractivity contribution >= 4 is 40.8 Å². The number of rotatable bonds is 2. The molecule has 2 aromatic carbocycles. The van der Waals surface area contributed by atoms with Crippen LogP contribution in [0.4, 0.5) is 5.69 Å². The number of carbonyl (C=O) groups is 4. The summed E-state index contributed by atoms with van der Waals surface area (Å²) in [6.07, 6.45) is 0. The fourth-order valence-electron chi connectivity index (χ4n) is 2.16. The van der Waals surface area contributed by atoms with E-state index in [1.807, 2.05) is 5.32 Å². The number of benzene rings is 2. The minimum atomic E-state index is -0.958. The van der Waals surface area contributed by atoms with Crippen LogP contribution >= 0.6 is 11.6 Å². The largest absolute Gasteiger partial charge is 0.322 e. The molecule has 2 aromatic rings. The summed E-state index contributed by atoms with van der Waals surface area (Å²) in [5.41, 5.74) is 0.788. The van der Waals surface area contributed by atoms with E-state index >= 15 is 0 Å². The second kappa shape index (κ2) is 5.66. The van der Waals surface area contributed by atoms with Crippen LogP contribution in [0, 0.1) is 0 Å². The van der Waals surface area contributed by atoms with Gasteiger partial charge in [-0.1, -0.05) is 11.6 Å². The molecule has 2 N–H and O–H groups in total. The van der Waals surface area contributed by atoms with E-state index in [0.717, 1.165) is 0 Å². The third kappa shape index (κ3) is 2.84. The van der Waals surface area contributed by atoms with Crippen molar-refractivity contribution in [1.82, 2.24) is 5.32 Å². The van der Waals surface area contributed by atoms with Crippen LogP contribution in [-0.2, 0) is 4.79 Å². The van der Waals surface area contributed by atoms with Gasteiger partial charge < -0.3 is 5.32 Å². The number of imide groups is 1. The average Bonchev–Trinajstić information content (AvgIpc) is 2.53. The molecule has 0 aromatic heterocycles. The highest BCUT2D eigenvalue weighted by atomic mass is 35.5. The number of carbonyl (C=O) groups excluding carboxylic acids is 4. The monoisotopic (exact) mass is 328 g/mol. The van der Waals surface area contributed by atoms with Gasteiger partial charge in [0, 0.05) is 21.8 Å². The Bertz CT molecular complexity index is 859. The van der Waals surface area contributed by atoms with Crippen LogP contribution in [0.2, 0.25) is 5.02 Å². The molecular formula is C16H9ClN2O4. The van der Waals surface area contributed by atoms with Gasteiger partial charge in [0.05, 0.1) is 5.56 Å². The van der Waals surface area contributed by atoms with Crippen LogP contribution in [0.3, 0.4) is 0 Å². The lowest BCUT2D eigenvalue weighted by atomic mass is 9.98. The van der Waals surface area contributed by atoms with Gasteiger partial charge in [0.15, 0.2) is 0 Å². The molecule has 6 nitrogen and oxygen atoms in total. The lowest BCUT2D eigenvalue weighted by Gasteiger charge is -2.15. The van der Waals surface area contributed by atoms with Crippen molar-refractivity contribution in [2.45, 2.75) is 0 Å². The highest BCUT2D eigenvalue weighted by molar-refractivity contribution is 6.49. The zero-order valence-electron chi connectivity index (χ0n) is 11.6. The SMILES string of the molecule is O=C1NC(=O)c2cc(NC(=O)c3ccc(Cl)cc3)ccc2C1=O. The van der Waals surface area contributed by atoms with E-state index < -0.39 is 17.6 Å². The molecule has 23 heavy (non-hydrogen) atoms. The first-order valence-electron chi connectivity index (χ1n) is 6.56. The van der Waals surface area contributed by atoms with E-state index in [9.17, 15) is 19.2 Å². The van der Waals surface area contributed by atoms with E-state index in [0.29, 0.717) is 16.3 Å². The Labute approximate surface area is 135 Å². The number of anilines is 1.